The smallest absolute Gasteiger partial charge is 0.237 e. The van der Waals surface area contributed by atoms with E-state index in [1.165, 1.54) is 41.3 Å². The van der Waals surface area contributed by atoms with E-state index in [0.717, 1.165) is 11.7 Å². The Hall–Kier alpha value is -1.38. The summed E-state index contributed by atoms with van der Waals surface area (Å²) in [5, 5.41) is 14.1. The fraction of sp³-hybridized carbons (Fsp3) is 0.308. The molecule has 0 aliphatic heterocycles. The Bertz CT molecular complexity index is 667. The molecule has 2 aromatic rings. The Labute approximate surface area is 140 Å². The number of rotatable bonds is 6. The topological polar surface area (TPSA) is 66.9 Å². The van der Waals surface area contributed by atoms with Crippen LogP contribution in [0.15, 0.2) is 22.5 Å². The Morgan fingerprint density at radius 2 is 2.27 bits per heavy atom. The van der Waals surface area contributed by atoms with Crippen LogP contribution in [0.4, 0.5) is 15.2 Å². The maximum Gasteiger partial charge on any atom is 0.237 e. The van der Waals surface area contributed by atoms with Gasteiger partial charge in [-0.3, -0.25) is 4.79 Å². The maximum absolute atomic E-state index is 13.1. The van der Waals surface area contributed by atoms with Gasteiger partial charge in [0.05, 0.1) is 10.3 Å². The molecule has 22 heavy (non-hydrogen) atoms. The minimum atomic E-state index is -0.521. The number of amides is 1. The predicted molar refractivity (Wildman–Crippen MR) is 89.4 cm³/mol. The lowest BCUT2D eigenvalue weighted by Gasteiger charge is -2.10. The molecule has 0 bridgehead atoms. The van der Waals surface area contributed by atoms with Crippen LogP contribution in [-0.4, -0.2) is 27.9 Å². The summed E-state index contributed by atoms with van der Waals surface area (Å²) in [6, 6.07) is 4.05. The predicted octanol–water partition coefficient (Wildman–Crippen LogP) is 3.88. The average molecular weight is 361 g/mol. The van der Waals surface area contributed by atoms with Gasteiger partial charge in [0.15, 0.2) is 4.34 Å². The zero-order valence-electron chi connectivity index (χ0n) is 11.9. The number of benzene rings is 1. The summed E-state index contributed by atoms with van der Waals surface area (Å²) in [7, 11) is 0. The van der Waals surface area contributed by atoms with Gasteiger partial charge in [-0.1, -0.05) is 34.7 Å². The first-order chi connectivity index (χ1) is 10.5. The zero-order valence-corrected chi connectivity index (χ0v) is 14.3. The third-order valence-electron chi connectivity index (χ3n) is 2.57. The molecule has 0 spiro atoms. The highest BCUT2D eigenvalue weighted by molar-refractivity contribution is 8.02. The number of thioether (sulfide) groups is 1. The van der Waals surface area contributed by atoms with Gasteiger partial charge < -0.3 is 10.6 Å². The van der Waals surface area contributed by atoms with E-state index in [2.05, 4.69) is 20.8 Å². The zero-order chi connectivity index (χ0) is 16.1. The molecule has 118 valence electrons. The van der Waals surface area contributed by atoms with Crippen LogP contribution < -0.4 is 10.6 Å². The quantitative estimate of drug-likeness (QED) is 0.765. The molecule has 5 nitrogen and oxygen atoms in total. The van der Waals surface area contributed by atoms with Gasteiger partial charge in [-0.05, 0) is 32.0 Å². The van der Waals surface area contributed by atoms with E-state index in [0.29, 0.717) is 10.0 Å². The van der Waals surface area contributed by atoms with Gasteiger partial charge in [0.1, 0.15) is 5.82 Å². The standard InChI is InChI=1S/C13H14ClFN4OS2/c1-3-16-12-18-19-13(22-12)21-7(2)11(20)17-8-4-5-10(15)9(14)6-8/h4-7H,3H2,1-2H3,(H,16,18)(H,17,20). The van der Waals surface area contributed by atoms with Crippen molar-refractivity contribution in [2.75, 3.05) is 17.2 Å². The van der Waals surface area contributed by atoms with E-state index in [4.69, 9.17) is 11.6 Å². The highest BCUT2D eigenvalue weighted by Gasteiger charge is 2.17. The molecular weight excluding hydrogens is 347 g/mol. The van der Waals surface area contributed by atoms with Crippen molar-refractivity contribution in [3.63, 3.8) is 0 Å². The lowest BCUT2D eigenvalue weighted by molar-refractivity contribution is -0.115. The van der Waals surface area contributed by atoms with Crippen molar-refractivity contribution in [2.24, 2.45) is 0 Å². The van der Waals surface area contributed by atoms with E-state index < -0.39 is 5.82 Å². The van der Waals surface area contributed by atoms with Gasteiger partial charge in [-0.25, -0.2) is 4.39 Å². The van der Waals surface area contributed by atoms with Crippen molar-refractivity contribution < 1.29 is 9.18 Å². The number of halogens is 2. The van der Waals surface area contributed by atoms with Crippen LogP contribution >= 0.6 is 34.7 Å². The number of hydrogen-bond donors (Lipinski definition) is 2. The van der Waals surface area contributed by atoms with E-state index in [-0.39, 0.29) is 16.2 Å². The van der Waals surface area contributed by atoms with E-state index >= 15 is 0 Å². The average Bonchev–Trinajstić information content (AvgIpc) is 2.90. The molecule has 0 aliphatic rings. The number of carbonyl (C=O) groups excluding carboxylic acids is 1. The first-order valence-electron chi connectivity index (χ1n) is 6.49. The van der Waals surface area contributed by atoms with Crippen LogP contribution in [0.1, 0.15) is 13.8 Å². The molecule has 1 amide bonds. The molecular formula is C13H14ClFN4OS2. The lowest BCUT2D eigenvalue weighted by Crippen LogP contribution is -2.22. The molecule has 2 N–H and O–H groups in total. The Kier molecular flexibility index (Phi) is 5.98. The van der Waals surface area contributed by atoms with Crippen LogP contribution in [0.3, 0.4) is 0 Å². The van der Waals surface area contributed by atoms with Gasteiger partial charge in [0, 0.05) is 12.2 Å². The molecule has 1 unspecified atom stereocenters. The maximum atomic E-state index is 13.1. The van der Waals surface area contributed by atoms with Gasteiger partial charge >= 0.3 is 0 Å². The summed E-state index contributed by atoms with van der Waals surface area (Å²) in [5.74, 6) is -0.736. The summed E-state index contributed by atoms with van der Waals surface area (Å²) < 4.78 is 13.8. The third kappa shape index (κ3) is 4.56. The number of carbonyl (C=O) groups is 1. The molecule has 0 saturated carbocycles. The number of hydrogen-bond acceptors (Lipinski definition) is 6. The van der Waals surface area contributed by atoms with Crippen molar-refractivity contribution in [1.82, 2.24) is 10.2 Å². The van der Waals surface area contributed by atoms with Gasteiger partial charge in [0.2, 0.25) is 11.0 Å². The first-order valence-corrected chi connectivity index (χ1v) is 8.57. The first kappa shape index (κ1) is 17.0. The van der Waals surface area contributed by atoms with E-state index in [9.17, 15) is 9.18 Å². The summed E-state index contributed by atoms with van der Waals surface area (Å²) in [4.78, 5) is 12.1. The monoisotopic (exact) mass is 360 g/mol. The molecule has 0 fully saturated rings. The Morgan fingerprint density at radius 3 is 2.95 bits per heavy atom. The highest BCUT2D eigenvalue weighted by atomic mass is 35.5. The van der Waals surface area contributed by atoms with Gasteiger partial charge in [0.25, 0.3) is 0 Å². The van der Waals surface area contributed by atoms with E-state index in [1.54, 1.807) is 6.92 Å². The van der Waals surface area contributed by atoms with Crippen molar-refractivity contribution in [3.05, 3.63) is 29.0 Å². The van der Waals surface area contributed by atoms with Crippen molar-refractivity contribution in [1.29, 1.82) is 0 Å². The molecule has 0 radical (unpaired) electrons. The van der Waals surface area contributed by atoms with Crippen LogP contribution in [0, 0.1) is 5.82 Å². The Balaban J connectivity index is 1.94. The largest absolute Gasteiger partial charge is 0.360 e. The van der Waals surface area contributed by atoms with Crippen molar-refractivity contribution >= 4 is 51.4 Å². The molecule has 1 aromatic carbocycles. The molecule has 1 heterocycles. The summed E-state index contributed by atoms with van der Waals surface area (Å²) in [5.41, 5.74) is 0.453. The lowest BCUT2D eigenvalue weighted by atomic mass is 10.3. The minimum absolute atomic E-state index is 0.0301. The van der Waals surface area contributed by atoms with Crippen molar-refractivity contribution in [3.8, 4) is 0 Å². The van der Waals surface area contributed by atoms with Crippen molar-refractivity contribution in [2.45, 2.75) is 23.4 Å². The fourth-order valence-electron chi connectivity index (χ4n) is 1.50. The fourth-order valence-corrected chi connectivity index (χ4v) is 3.65. The molecule has 0 saturated heterocycles. The molecule has 0 aliphatic carbocycles. The van der Waals surface area contributed by atoms with Crippen LogP contribution in [0.5, 0.6) is 0 Å². The molecule has 1 atom stereocenters. The second-order valence-corrected chi connectivity index (χ2v) is 7.25. The molecule has 9 heteroatoms. The number of aromatic nitrogens is 2. The second kappa shape index (κ2) is 7.75. The van der Waals surface area contributed by atoms with Gasteiger partial charge in [-0.2, -0.15) is 0 Å². The normalized spacial score (nSPS) is 12.0. The summed E-state index contributed by atoms with van der Waals surface area (Å²) in [6.45, 7) is 4.50. The number of nitrogens with one attached hydrogen (secondary N) is 2. The highest BCUT2D eigenvalue weighted by Crippen LogP contribution is 2.29. The molecule has 1 aromatic heterocycles. The van der Waals surface area contributed by atoms with Crippen LogP contribution in [-0.2, 0) is 4.79 Å². The SMILES string of the molecule is CCNc1nnc(SC(C)C(=O)Nc2ccc(F)c(Cl)c2)s1. The van der Waals surface area contributed by atoms with Gasteiger partial charge in [-0.15, -0.1) is 10.2 Å². The Morgan fingerprint density at radius 1 is 1.50 bits per heavy atom. The van der Waals surface area contributed by atoms with Crippen LogP contribution in [0.25, 0.3) is 0 Å². The van der Waals surface area contributed by atoms with Crippen LogP contribution in [0.2, 0.25) is 5.02 Å². The number of nitrogens with zero attached hydrogens (tertiary/aromatic N) is 2. The third-order valence-corrected chi connectivity index (χ3v) is 4.92. The molecule has 2 rings (SSSR count). The number of anilines is 2. The van der Waals surface area contributed by atoms with E-state index in [1.807, 2.05) is 6.92 Å². The second-order valence-electron chi connectivity index (χ2n) is 4.28. The summed E-state index contributed by atoms with van der Waals surface area (Å²) >= 11 is 8.39. The summed E-state index contributed by atoms with van der Waals surface area (Å²) in [6.07, 6.45) is 0. The minimum Gasteiger partial charge on any atom is -0.360 e.